The van der Waals surface area contributed by atoms with Gasteiger partial charge in [-0.25, -0.2) is 14.4 Å². The third kappa shape index (κ3) is 3.55. The quantitative estimate of drug-likeness (QED) is 0.281. The summed E-state index contributed by atoms with van der Waals surface area (Å²) in [5, 5.41) is 2.11. The Morgan fingerprint density at radius 3 is 2.05 bits per heavy atom. The number of fused-ring (bicyclic) bond motifs is 1. The first kappa shape index (κ1) is 23.7. The van der Waals surface area contributed by atoms with Crippen molar-refractivity contribution in [1.29, 1.82) is 0 Å². The van der Waals surface area contributed by atoms with Crippen molar-refractivity contribution in [1.82, 2.24) is 0 Å². The van der Waals surface area contributed by atoms with Gasteiger partial charge in [-0.3, -0.25) is 14.4 Å². The summed E-state index contributed by atoms with van der Waals surface area (Å²) in [4.78, 5) is 36.1. The Labute approximate surface area is 222 Å². The van der Waals surface area contributed by atoms with E-state index in [2.05, 4.69) is 0 Å². The number of hydrogen-bond donors (Lipinski definition) is 0. The summed E-state index contributed by atoms with van der Waals surface area (Å²) in [7, 11) is 0. The van der Waals surface area contributed by atoms with Crippen molar-refractivity contribution in [2.24, 2.45) is 0 Å². The highest BCUT2D eigenvalue weighted by atomic mass is 35.5. The molecule has 2 fully saturated rings. The van der Waals surface area contributed by atoms with Crippen LogP contribution in [0.3, 0.4) is 0 Å². The van der Waals surface area contributed by atoms with Gasteiger partial charge >= 0.3 is 0 Å². The number of hydroxylamine groups is 1. The lowest BCUT2D eigenvalue weighted by atomic mass is 9.69. The lowest BCUT2D eigenvalue weighted by molar-refractivity contribution is -0.126. The first-order valence-corrected chi connectivity index (χ1v) is 12.3. The zero-order valence-corrected chi connectivity index (χ0v) is 20.7. The topological polar surface area (TPSA) is 49.9 Å². The molecule has 0 N–H and O–H groups in total. The van der Waals surface area contributed by atoms with E-state index < -0.39 is 35.2 Å². The Morgan fingerprint density at radius 2 is 1.41 bits per heavy atom. The number of rotatable bonds is 4. The molecule has 2 amide bonds. The zero-order chi connectivity index (χ0) is 25.7. The minimum absolute atomic E-state index is 0.215. The van der Waals surface area contributed by atoms with Gasteiger partial charge in [-0.05, 0) is 53.6 Å². The van der Waals surface area contributed by atoms with Gasteiger partial charge in [-0.15, -0.1) is 0 Å². The molecule has 37 heavy (non-hydrogen) atoms. The number of para-hydroxylation sites is 1. The predicted molar refractivity (Wildman–Crippen MR) is 140 cm³/mol. The van der Waals surface area contributed by atoms with Gasteiger partial charge in [0, 0.05) is 0 Å². The minimum Gasteiger partial charge on any atom is -0.273 e. The van der Waals surface area contributed by atoms with E-state index in [4.69, 9.17) is 28.0 Å². The molecule has 0 aromatic heterocycles. The fourth-order valence-corrected chi connectivity index (χ4v) is 5.59. The number of carbonyl (C=O) groups is 2. The van der Waals surface area contributed by atoms with Crippen molar-refractivity contribution in [3.05, 3.63) is 130 Å². The van der Waals surface area contributed by atoms with Crippen molar-refractivity contribution in [2.75, 3.05) is 9.96 Å². The standard InChI is InChI=1S/C29H19Cl2FN2O3/c30-23-16-15-22(17-24(23)31)33-27(35)26-29(28(33)36,19-7-3-1-4-8-19)25(18-11-13-20(32)14-12-18)34(37-26)21-9-5-2-6-10-21/h1-17,25-26H. The monoisotopic (exact) mass is 532 g/mol. The smallest absolute Gasteiger partial charge is 0.267 e. The van der Waals surface area contributed by atoms with Crippen LogP contribution in [0.1, 0.15) is 17.2 Å². The minimum atomic E-state index is -1.47. The van der Waals surface area contributed by atoms with E-state index in [9.17, 15) is 14.0 Å². The third-order valence-electron chi connectivity index (χ3n) is 6.91. The second-order valence-electron chi connectivity index (χ2n) is 8.91. The van der Waals surface area contributed by atoms with Crippen molar-refractivity contribution < 1.29 is 18.8 Å². The first-order chi connectivity index (χ1) is 17.9. The number of halogens is 3. The Balaban J connectivity index is 1.61. The molecule has 0 bridgehead atoms. The predicted octanol–water partition coefficient (Wildman–Crippen LogP) is 6.51. The maximum absolute atomic E-state index is 14.6. The summed E-state index contributed by atoms with van der Waals surface area (Å²) >= 11 is 12.3. The molecule has 2 heterocycles. The van der Waals surface area contributed by atoms with Crippen molar-refractivity contribution in [3.8, 4) is 0 Å². The highest BCUT2D eigenvalue weighted by Gasteiger charge is 2.72. The molecular weight excluding hydrogens is 514 g/mol. The van der Waals surface area contributed by atoms with Crippen LogP contribution in [0.5, 0.6) is 0 Å². The normalized spacial score (nSPS) is 23.0. The summed E-state index contributed by atoms with van der Waals surface area (Å²) in [6, 6.07) is 28.0. The van der Waals surface area contributed by atoms with Gasteiger partial charge in [0.25, 0.3) is 5.91 Å². The summed E-state index contributed by atoms with van der Waals surface area (Å²) < 4.78 is 14.0. The van der Waals surface area contributed by atoms with Crippen molar-refractivity contribution in [3.63, 3.8) is 0 Å². The highest BCUT2D eigenvalue weighted by molar-refractivity contribution is 6.42. The van der Waals surface area contributed by atoms with Crippen LogP contribution in [-0.4, -0.2) is 17.9 Å². The number of hydrogen-bond acceptors (Lipinski definition) is 4. The van der Waals surface area contributed by atoms with Crippen LogP contribution >= 0.6 is 23.2 Å². The number of amides is 2. The van der Waals surface area contributed by atoms with Crippen LogP contribution in [-0.2, 0) is 19.8 Å². The van der Waals surface area contributed by atoms with E-state index >= 15 is 0 Å². The lowest BCUT2D eigenvalue weighted by Crippen LogP contribution is -2.46. The molecule has 0 spiro atoms. The van der Waals surface area contributed by atoms with E-state index in [-0.39, 0.29) is 5.02 Å². The molecule has 3 unspecified atom stereocenters. The maximum atomic E-state index is 14.6. The molecular formula is C29H19Cl2FN2O3. The van der Waals surface area contributed by atoms with Crippen LogP contribution in [0.2, 0.25) is 10.0 Å². The molecule has 2 saturated heterocycles. The Morgan fingerprint density at radius 1 is 0.757 bits per heavy atom. The number of carbonyl (C=O) groups excluding carboxylic acids is 2. The summed E-state index contributed by atoms with van der Waals surface area (Å²) in [5.41, 5.74) is 0.699. The van der Waals surface area contributed by atoms with E-state index in [1.807, 2.05) is 60.7 Å². The molecule has 8 heteroatoms. The van der Waals surface area contributed by atoms with Crippen LogP contribution in [0, 0.1) is 5.82 Å². The first-order valence-electron chi connectivity index (χ1n) is 11.6. The third-order valence-corrected chi connectivity index (χ3v) is 7.65. The second kappa shape index (κ2) is 8.99. The SMILES string of the molecule is O=C1C2ON(c3ccccc3)C(c3ccc(F)cc3)C2(c2ccccc2)C(=O)N1c1ccc(Cl)c(Cl)c1. The van der Waals surface area contributed by atoms with E-state index in [1.165, 1.54) is 24.3 Å². The second-order valence-corrected chi connectivity index (χ2v) is 9.73. The van der Waals surface area contributed by atoms with E-state index in [1.54, 1.807) is 23.3 Å². The largest absolute Gasteiger partial charge is 0.273 e. The molecule has 3 atom stereocenters. The molecule has 6 rings (SSSR count). The lowest BCUT2D eigenvalue weighted by Gasteiger charge is -2.35. The average Bonchev–Trinajstić information content (AvgIpc) is 3.39. The van der Waals surface area contributed by atoms with E-state index in [0.29, 0.717) is 27.5 Å². The zero-order valence-electron chi connectivity index (χ0n) is 19.2. The molecule has 2 aliphatic heterocycles. The molecule has 0 saturated carbocycles. The fourth-order valence-electron chi connectivity index (χ4n) is 5.30. The molecule has 2 aliphatic rings. The van der Waals surface area contributed by atoms with Gasteiger partial charge < -0.3 is 0 Å². The van der Waals surface area contributed by atoms with Crippen molar-refractivity contribution in [2.45, 2.75) is 17.6 Å². The van der Waals surface area contributed by atoms with Gasteiger partial charge in [0.2, 0.25) is 5.91 Å². The summed E-state index contributed by atoms with van der Waals surface area (Å²) in [5.74, 6) is -1.41. The molecule has 5 nitrogen and oxygen atoms in total. The van der Waals surface area contributed by atoms with Crippen molar-refractivity contribution >= 4 is 46.4 Å². The van der Waals surface area contributed by atoms with Gasteiger partial charge in [0.1, 0.15) is 17.3 Å². The number of nitrogens with zero attached hydrogens (tertiary/aromatic N) is 2. The van der Waals surface area contributed by atoms with Crippen LogP contribution in [0.15, 0.2) is 103 Å². The highest BCUT2D eigenvalue weighted by Crippen LogP contribution is 2.57. The Hall–Kier alpha value is -3.71. The van der Waals surface area contributed by atoms with E-state index in [0.717, 1.165) is 4.90 Å². The van der Waals surface area contributed by atoms with Gasteiger partial charge in [0.05, 0.1) is 21.4 Å². The fraction of sp³-hybridized carbons (Fsp3) is 0.103. The van der Waals surface area contributed by atoms with Gasteiger partial charge in [0.15, 0.2) is 6.10 Å². The Bertz CT molecular complexity index is 1500. The van der Waals surface area contributed by atoms with Gasteiger partial charge in [-0.1, -0.05) is 83.9 Å². The summed E-state index contributed by atoms with van der Waals surface area (Å²) in [6.45, 7) is 0. The molecule has 4 aromatic carbocycles. The number of benzene rings is 4. The summed E-state index contributed by atoms with van der Waals surface area (Å²) in [6.07, 6.45) is -1.19. The number of imide groups is 1. The molecule has 4 aromatic rings. The van der Waals surface area contributed by atoms with Gasteiger partial charge in [-0.2, -0.15) is 0 Å². The van der Waals surface area contributed by atoms with Crippen LogP contribution in [0.25, 0.3) is 0 Å². The Kier molecular flexibility index (Phi) is 5.75. The molecule has 0 aliphatic carbocycles. The van der Waals surface area contributed by atoms with Crippen LogP contribution in [0.4, 0.5) is 15.8 Å². The molecule has 184 valence electrons. The number of anilines is 2. The maximum Gasteiger partial charge on any atom is 0.267 e. The van der Waals surface area contributed by atoms with Crippen LogP contribution < -0.4 is 9.96 Å². The average molecular weight is 533 g/mol. The molecule has 0 radical (unpaired) electrons.